The number of alkyl halides is 1. The van der Waals surface area contributed by atoms with Crippen LogP contribution in [-0.2, 0) is 12.8 Å². The van der Waals surface area contributed by atoms with E-state index < -0.39 is 0 Å². The van der Waals surface area contributed by atoms with E-state index in [4.69, 9.17) is 23.2 Å². The Morgan fingerprint density at radius 3 is 2.67 bits per heavy atom. The molecule has 0 fully saturated rings. The first kappa shape index (κ1) is 13.9. The number of rotatable bonds is 6. The van der Waals surface area contributed by atoms with Crippen molar-refractivity contribution in [3.8, 4) is 0 Å². The molecule has 3 heteroatoms. The third kappa shape index (κ3) is 4.31. The minimum atomic E-state index is 0.171. The standard InChI is InChI=1S/C15H16Cl2S/c16-13(6-3-7-14-8-4-10-18-14)11-12-5-1-2-9-15(12)17/h1-2,4-5,8-10,13H,3,6-7,11H2. The van der Waals surface area contributed by atoms with Gasteiger partial charge in [-0.05, 0) is 48.8 Å². The van der Waals surface area contributed by atoms with Gasteiger partial charge in [-0.3, -0.25) is 0 Å². The molecule has 1 aromatic carbocycles. The van der Waals surface area contributed by atoms with Crippen LogP contribution >= 0.6 is 34.5 Å². The molecule has 0 saturated heterocycles. The van der Waals surface area contributed by atoms with Gasteiger partial charge in [-0.2, -0.15) is 0 Å². The predicted molar refractivity (Wildman–Crippen MR) is 82.1 cm³/mol. The third-order valence-corrected chi connectivity index (χ3v) is 4.60. The fourth-order valence-electron chi connectivity index (χ4n) is 1.96. The van der Waals surface area contributed by atoms with E-state index in [2.05, 4.69) is 23.6 Å². The van der Waals surface area contributed by atoms with Gasteiger partial charge in [-0.1, -0.05) is 35.9 Å². The molecule has 0 N–H and O–H groups in total. The van der Waals surface area contributed by atoms with Gasteiger partial charge in [-0.15, -0.1) is 22.9 Å². The van der Waals surface area contributed by atoms with Gasteiger partial charge in [-0.25, -0.2) is 0 Å². The second kappa shape index (κ2) is 7.18. The molecular formula is C15H16Cl2S. The van der Waals surface area contributed by atoms with Crippen LogP contribution in [0.15, 0.2) is 41.8 Å². The number of benzene rings is 1. The second-order valence-corrected chi connectivity index (χ2v) is 6.42. The molecular weight excluding hydrogens is 283 g/mol. The van der Waals surface area contributed by atoms with Crippen molar-refractivity contribution in [3.05, 3.63) is 57.2 Å². The smallest absolute Gasteiger partial charge is 0.0438 e. The Bertz CT molecular complexity index is 465. The fraction of sp³-hybridized carbons (Fsp3) is 0.333. The molecule has 18 heavy (non-hydrogen) atoms. The summed E-state index contributed by atoms with van der Waals surface area (Å²) >= 11 is 14.3. The number of aryl methyl sites for hydroxylation is 1. The van der Waals surface area contributed by atoms with E-state index in [1.807, 2.05) is 29.5 Å². The van der Waals surface area contributed by atoms with Crippen molar-refractivity contribution in [2.45, 2.75) is 31.1 Å². The summed E-state index contributed by atoms with van der Waals surface area (Å²) < 4.78 is 0. The Hall–Kier alpha value is -0.500. The third-order valence-electron chi connectivity index (χ3n) is 2.92. The van der Waals surface area contributed by atoms with E-state index in [1.54, 1.807) is 0 Å². The molecule has 2 rings (SSSR count). The molecule has 0 aliphatic carbocycles. The molecule has 0 bridgehead atoms. The molecule has 1 heterocycles. The summed E-state index contributed by atoms with van der Waals surface area (Å²) in [4.78, 5) is 1.44. The molecule has 1 atom stereocenters. The highest BCUT2D eigenvalue weighted by Crippen LogP contribution is 2.21. The lowest BCUT2D eigenvalue weighted by molar-refractivity contribution is 0.690. The van der Waals surface area contributed by atoms with Gasteiger partial charge < -0.3 is 0 Å². The lowest BCUT2D eigenvalue weighted by Gasteiger charge is -2.10. The lowest BCUT2D eigenvalue weighted by atomic mass is 10.1. The van der Waals surface area contributed by atoms with E-state index in [1.165, 1.54) is 4.88 Å². The minimum absolute atomic E-state index is 0.171. The zero-order chi connectivity index (χ0) is 12.8. The summed E-state index contributed by atoms with van der Waals surface area (Å²) in [6, 6.07) is 12.2. The van der Waals surface area contributed by atoms with E-state index in [0.717, 1.165) is 36.3 Å². The highest BCUT2D eigenvalue weighted by Gasteiger charge is 2.08. The molecule has 0 amide bonds. The van der Waals surface area contributed by atoms with Crippen LogP contribution in [0.25, 0.3) is 0 Å². The van der Waals surface area contributed by atoms with Crippen LogP contribution in [-0.4, -0.2) is 5.38 Å². The molecule has 2 aromatic rings. The topological polar surface area (TPSA) is 0 Å². The van der Waals surface area contributed by atoms with Gasteiger partial charge >= 0.3 is 0 Å². The van der Waals surface area contributed by atoms with E-state index in [-0.39, 0.29) is 5.38 Å². The highest BCUT2D eigenvalue weighted by atomic mass is 35.5. The normalized spacial score (nSPS) is 12.6. The van der Waals surface area contributed by atoms with Crippen molar-refractivity contribution in [2.75, 3.05) is 0 Å². The van der Waals surface area contributed by atoms with Gasteiger partial charge in [0.05, 0.1) is 0 Å². The van der Waals surface area contributed by atoms with Crippen LogP contribution in [0, 0.1) is 0 Å². The zero-order valence-electron chi connectivity index (χ0n) is 10.1. The fourth-order valence-corrected chi connectivity index (χ4v) is 3.24. The van der Waals surface area contributed by atoms with Crippen LogP contribution in [0.3, 0.4) is 0 Å². The van der Waals surface area contributed by atoms with Crippen molar-refractivity contribution in [2.24, 2.45) is 0 Å². The van der Waals surface area contributed by atoms with Gasteiger partial charge in [0.15, 0.2) is 0 Å². The summed E-state index contributed by atoms with van der Waals surface area (Å²) in [5.41, 5.74) is 1.15. The molecule has 0 aliphatic heterocycles. The van der Waals surface area contributed by atoms with Crippen molar-refractivity contribution in [1.82, 2.24) is 0 Å². The number of hydrogen-bond acceptors (Lipinski definition) is 1. The Balaban J connectivity index is 1.75. The van der Waals surface area contributed by atoms with Crippen LogP contribution in [0.4, 0.5) is 0 Å². The van der Waals surface area contributed by atoms with Crippen molar-refractivity contribution in [3.63, 3.8) is 0 Å². The maximum Gasteiger partial charge on any atom is 0.0438 e. The maximum atomic E-state index is 6.37. The van der Waals surface area contributed by atoms with Crippen LogP contribution in [0.1, 0.15) is 23.3 Å². The highest BCUT2D eigenvalue weighted by molar-refractivity contribution is 7.09. The SMILES string of the molecule is Clc1ccccc1CC(Cl)CCCc1cccs1. The number of thiophene rings is 1. The van der Waals surface area contributed by atoms with E-state index >= 15 is 0 Å². The Morgan fingerprint density at radius 2 is 1.94 bits per heavy atom. The second-order valence-electron chi connectivity index (χ2n) is 4.36. The van der Waals surface area contributed by atoms with Gasteiger partial charge in [0.25, 0.3) is 0 Å². The molecule has 0 spiro atoms. The summed E-state index contributed by atoms with van der Waals surface area (Å²) in [6.07, 6.45) is 4.15. The first-order valence-corrected chi connectivity index (χ1v) is 7.85. The lowest BCUT2D eigenvalue weighted by Crippen LogP contribution is -2.04. The summed E-state index contributed by atoms with van der Waals surface area (Å²) in [5.74, 6) is 0. The van der Waals surface area contributed by atoms with Crippen LogP contribution in [0.2, 0.25) is 5.02 Å². The van der Waals surface area contributed by atoms with Crippen LogP contribution in [0.5, 0.6) is 0 Å². The Morgan fingerprint density at radius 1 is 1.11 bits per heavy atom. The van der Waals surface area contributed by atoms with Crippen molar-refractivity contribution in [1.29, 1.82) is 0 Å². The maximum absolute atomic E-state index is 6.37. The summed E-state index contributed by atoms with van der Waals surface area (Å²) in [6.45, 7) is 0. The van der Waals surface area contributed by atoms with Gasteiger partial charge in [0, 0.05) is 15.3 Å². The van der Waals surface area contributed by atoms with Crippen molar-refractivity contribution < 1.29 is 0 Å². The average molecular weight is 299 g/mol. The van der Waals surface area contributed by atoms with E-state index in [9.17, 15) is 0 Å². The molecule has 0 radical (unpaired) electrons. The monoisotopic (exact) mass is 298 g/mol. The molecule has 0 saturated carbocycles. The Kier molecular flexibility index (Phi) is 5.55. The predicted octanol–water partition coefficient (Wildman–Crippen LogP) is 5.57. The number of hydrogen-bond donors (Lipinski definition) is 0. The van der Waals surface area contributed by atoms with E-state index in [0.29, 0.717) is 0 Å². The van der Waals surface area contributed by atoms with Gasteiger partial charge in [0.2, 0.25) is 0 Å². The molecule has 1 aromatic heterocycles. The number of halogens is 2. The first-order valence-electron chi connectivity index (χ1n) is 6.15. The zero-order valence-corrected chi connectivity index (χ0v) is 12.4. The Labute approximate surface area is 123 Å². The van der Waals surface area contributed by atoms with Crippen molar-refractivity contribution >= 4 is 34.5 Å². The molecule has 0 nitrogen and oxygen atoms in total. The summed E-state index contributed by atoms with van der Waals surface area (Å²) in [5, 5.41) is 3.11. The van der Waals surface area contributed by atoms with Gasteiger partial charge in [0.1, 0.15) is 0 Å². The largest absolute Gasteiger partial charge is 0.149 e. The quantitative estimate of drug-likeness (QED) is 0.611. The average Bonchev–Trinajstić information content (AvgIpc) is 2.85. The summed E-state index contributed by atoms with van der Waals surface area (Å²) in [7, 11) is 0. The molecule has 0 aliphatic rings. The van der Waals surface area contributed by atoms with Crippen LogP contribution < -0.4 is 0 Å². The minimum Gasteiger partial charge on any atom is -0.149 e. The molecule has 96 valence electrons. The molecule has 1 unspecified atom stereocenters. The first-order chi connectivity index (χ1) is 8.75.